The average Bonchev–Trinajstić information content (AvgIpc) is 3.07. The predicted molar refractivity (Wildman–Crippen MR) is 97.4 cm³/mol. The fraction of sp³-hybridized carbons (Fsp3) is 0.789. The zero-order valence-electron chi connectivity index (χ0n) is 15.7. The van der Waals surface area contributed by atoms with E-state index in [0.29, 0.717) is 24.3 Å². The lowest BCUT2D eigenvalue weighted by atomic mass is 9.89. The number of likely N-dealkylation sites (tertiary alicyclic amines) is 1. The standard InChI is InChI=1S/C19H32N4O2/c1-16(21-12-14-25-15-13-21)18-5-9-23(10-6-18)19(24)4-3-8-22-11-7-20-17(22)2/h7,11,16,18H,3-6,8-10,12-15H2,1-2H3/t16-/m0/s1. The van der Waals surface area contributed by atoms with Crippen LogP contribution in [0, 0.1) is 12.8 Å². The van der Waals surface area contributed by atoms with Gasteiger partial charge in [0, 0.05) is 57.6 Å². The van der Waals surface area contributed by atoms with Gasteiger partial charge in [-0.2, -0.15) is 0 Å². The van der Waals surface area contributed by atoms with Crippen molar-refractivity contribution in [3.05, 3.63) is 18.2 Å². The molecular formula is C19H32N4O2. The van der Waals surface area contributed by atoms with Gasteiger partial charge in [-0.15, -0.1) is 0 Å². The van der Waals surface area contributed by atoms with Gasteiger partial charge in [0.25, 0.3) is 0 Å². The molecule has 3 rings (SSSR count). The number of ether oxygens (including phenoxy) is 1. The molecule has 6 nitrogen and oxygen atoms in total. The summed E-state index contributed by atoms with van der Waals surface area (Å²) in [6, 6.07) is 0.602. The summed E-state index contributed by atoms with van der Waals surface area (Å²) in [5.41, 5.74) is 0. The van der Waals surface area contributed by atoms with Crippen molar-refractivity contribution in [2.24, 2.45) is 5.92 Å². The molecule has 0 bridgehead atoms. The third-order valence-electron chi connectivity index (χ3n) is 5.91. The lowest BCUT2D eigenvalue weighted by Gasteiger charge is -2.41. The van der Waals surface area contributed by atoms with Crippen LogP contribution in [0.5, 0.6) is 0 Å². The largest absolute Gasteiger partial charge is 0.379 e. The first-order valence-corrected chi connectivity index (χ1v) is 9.72. The molecule has 3 heterocycles. The Labute approximate surface area is 151 Å². The summed E-state index contributed by atoms with van der Waals surface area (Å²) in [6.07, 6.45) is 7.59. The van der Waals surface area contributed by atoms with E-state index in [2.05, 4.69) is 26.3 Å². The number of aromatic nitrogens is 2. The second-order valence-electron chi connectivity index (χ2n) is 7.38. The minimum Gasteiger partial charge on any atom is -0.379 e. The topological polar surface area (TPSA) is 50.6 Å². The lowest BCUT2D eigenvalue weighted by Crippen LogP contribution is -2.49. The number of nitrogens with zero attached hydrogens (tertiary/aromatic N) is 4. The zero-order valence-corrected chi connectivity index (χ0v) is 15.7. The van der Waals surface area contributed by atoms with E-state index in [-0.39, 0.29) is 0 Å². The van der Waals surface area contributed by atoms with Crippen molar-refractivity contribution in [2.45, 2.75) is 52.1 Å². The molecule has 2 fully saturated rings. The van der Waals surface area contributed by atoms with Crippen LogP contribution >= 0.6 is 0 Å². The summed E-state index contributed by atoms with van der Waals surface area (Å²) in [7, 11) is 0. The number of imidazole rings is 1. The minimum absolute atomic E-state index is 0.315. The van der Waals surface area contributed by atoms with Crippen molar-refractivity contribution in [1.29, 1.82) is 0 Å². The van der Waals surface area contributed by atoms with Gasteiger partial charge in [-0.3, -0.25) is 9.69 Å². The Bertz CT molecular complexity index is 545. The molecule has 25 heavy (non-hydrogen) atoms. The quantitative estimate of drug-likeness (QED) is 0.788. The van der Waals surface area contributed by atoms with Crippen molar-refractivity contribution < 1.29 is 9.53 Å². The van der Waals surface area contributed by atoms with Crippen LogP contribution in [0.2, 0.25) is 0 Å². The number of carbonyl (C=O) groups excluding carboxylic acids is 1. The van der Waals surface area contributed by atoms with E-state index in [1.165, 1.54) is 0 Å². The average molecular weight is 348 g/mol. The van der Waals surface area contributed by atoms with Gasteiger partial charge in [-0.1, -0.05) is 0 Å². The van der Waals surface area contributed by atoms with E-state index in [1.807, 2.05) is 19.3 Å². The molecule has 0 N–H and O–H groups in total. The number of piperidine rings is 1. The van der Waals surface area contributed by atoms with Gasteiger partial charge < -0.3 is 14.2 Å². The summed E-state index contributed by atoms with van der Waals surface area (Å²) < 4.78 is 7.57. The molecule has 140 valence electrons. The molecule has 0 saturated carbocycles. The van der Waals surface area contributed by atoms with Gasteiger partial charge in [0.05, 0.1) is 13.2 Å². The van der Waals surface area contributed by atoms with E-state index in [4.69, 9.17) is 4.74 Å². The van der Waals surface area contributed by atoms with Crippen LogP contribution in [0.4, 0.5) is 0 Å². The van der Waals surface area contributed by atoms with Crippen LogP contribution in [0.1, 0.15) is 38.4 Å². The van der Waals surface area contributed by atoms with Crippen LogP contribution in [-0.2, 0) is 16.1 Å². The van der Waals surface area contributed by atoms with E-state index < -0.39 is 0 Å². The molecule has 1 aromatic heterocycles. The number of amides is 1. The van der Waals surface area contributed by atoms with Crippen molar-refractivity contribution in [1.82, 2.24) is 19.4 Å². The molecule has 0 radical (unpaired) electrons. The highest BCUT2D eigenvalue weighted by Crippen LogP contribution is 2.25. The smallest absolute Gasteiger partial charge is 0.222 e. The van der Waals surface area contributed by atoms with Crippen molar-refractivity contribution in [3.63, 3.8) is 0 Å². The zero-order chi connectivity index (χ0) is 17.6. The fourth-order valence-corrected chi connectivity index (χ4v) is 4.11. The maximum atomic E-state index is 12.5. The van der Waals surface area contributed by atoms with Crippen molar-refractivity contribution in [2.75, 3.05) is 39.4 Å². The SMILES string of the molecule is Cc1nccn1CCCC(=O)N1CCC([C@H](C)N2CCOCC2)CC1. The van der Waals surface area contributed by atoms with Gasteiger partial charge >= 0.3 is 0 Å². The second-order valence-corrected chi connectivity index (χ2v) is 7.38. The van der Waals surface area contributed by atoms with Crippen LogP contribution < -0.4 is 0 Å². The number of morpholine rings is 1. The van der Waals surface area contributed by atoms with Gasteiger partial charge in [-0.25, -0.2) is 4.98 Å². The molecule has 1 atom stereocenters. The van der Waals surface area contributed by atoms with Crippen LogP contribution in [-0.4, -0.2) is 70.7 Å². The normalized spacial score (nSPS) is 21.4. The number of rotatable bonds is 6. The molecule has 0 spiro atoms. The fourth-order valence-electron chi connectivity index (χ4n) is 4.11. The third kappa shape index (κ3) is 4.82. The molecule has 1 amide bonds. The molecule has 2 saturated heterocycles. The minimum atomic E-state index is 0.315. The molecule has 2 aliphatic heterocycles. The summed E-state index contributed by atoms with van der Waals surface area (Å²) in [5, 5.41) is 0. The molecule has 0 unspecified atom stereocenters. The highest BCUT2D eigenvalue weighted by molar-refractivity contribution is 5.76. The first kappa shape index (κ1) is 18.4. The molecule has 1 aromatic rings. The Hall–Kier alpha value is -1.40. The Morgan fingerprint density at radius 3 is 2.64 bits per heavy atom. The Balaban J connectivity index is 1.37. The van der Waals surface area contributed by atoms with Crippen LogP contribution in [0.15, 0.2) is 12.4 Å². The van der Waals surface area contributed by atoms with Gasteiger partial charge in [0.2, 0.25) is 5.91 Å². The monoisotopic (exact) mass is 348 g/mol. The van der Waals surface area contributed by atoms with E-state index in [9.17, 15) is 4.79 Å². The molecular weight excluding hydrogens is 316 g/mol. The van der Waals surface area contributed by atoms with Gasteiger partial charge in [-0.05, 0) is 39.0 Å². The Kier molecular flexibility index (Phi) is 6.48. The highest BCUT2D eigenvalue weighted by Gasteiger charge is 2.29. The van der Waals surface area contributed by atoms with Crippen LogP contribution in [0.3, 0.4) is 0 Å². The number of carbonyl (C=O) groups is 1. The summed E-state index contributed by atoms with van der Waals surface area (Å²) in [6.45, 7) is 10.9. The first-order chi connectivity index (χ1) is 12.1. The lowest BCUT2D eigenvalue weighted by molar-refractivity contribution is -0.133. The molecule has 0 aliphatic carbocycles. The summed E-state index contributed by atoms with van der Waals surface area (Å²) >= 11 is 0. The Morgan fingerprint density at radius 1 is 1.28 bits per heavy atom. The van der Waals surface area contributed by atoms with Gasteiger partial charge in [0.1, 0.15) is 5.82 Å². The second kappa shape index (κ2) is 8.81. The van der Waals surface area contributed by atoms with E-state index in [1.54, 1.807) is 0 Å². The summed E-state index contributed by atoms with van der Waals surface area (Å²) in [4.78, 5) is 21.3. The number of aryl methyl sites for hydroxylation is 2. The van der Waals surface area contributed by atoms with Crippen molar-refractivity contribution in [3.8, 4) is 0 Å². The Morgan fingerprint density at radius 2 is 2.00 bits per heavy atom. The predicted octanol–water partition coefficient (Wildman–Crippen LogP) is 1.93. The van der Waals surface area contributed by atoms with Crippen molar-refractivity contribution >= 4 is 5.91 Å². The first-order valence-electron chi connectivity index (χ1n) is 9.72. The highest BCUT2D eigenvalue weighted by atomic mass is 16.5. The van der Waals surface area contributed by atoms with E-state index in [0.717, 1.165) is 71.0 Å². The van der Waals surface area contributed by atoms with E-state index >= 15 is 0 Å². The third-order valence-corrected chi connectivity index (χ3v) is 5.91. The molecule has 0 aromatic carbocycles. The van der Waals surface area contributed by atoms with Crippen LogP contribution in [0.25, 0.3) is 0 Å². The number of hydrogen-bond donors (Lipinski definition) is 0. The molecule has 6 heteroatoms. The maximum Gasteiger partial charge on any atom is 0.222 e. The summed E-state index contributed by atoms with van der Waals surface area (Å²) in [5.74, 6) is 2.04. The molecule has 2 aliphatic rings. The maximum absolute atomic E-state index is 12.5. The number of hydrogen-bond acceptors (Lipinski definition) is 4. The van der Waals surface area contributed by atoms with Gasteiger partial charge in [0.15, 0.2) is 0 Å².